The number of rotatable bonds is 8. The number of anilines is 2. The molecule has 0 radical (unpaired) electrons. The highest BCUT2D eigenvalue weighted by Gasteiger charge is 2.28. The van der Waals surface area contributed by atoms with Crippen LogP contribution in [0.1, 0.15) is 18.4 Å². The first-order chi connectivity index (χ1) is 13.8. The van der Waals surface area contributed by atoms with Crippen LogP contribution in [0, 0.1) is 0 Å². The van der Waals surface area contributed by atoms with Gasteiger partial charge in [-0.25, -0.2) is 17.9 Å². The molecule has 3 rings (SSSR count). The molecule has 0 bridgehead atoms. The first-order valence-corrected chi connectivity index (χ1v) is 10.8. The van der Waals surface area contributed by atoms with Crippen molar-refractivity contribution in [2.24, 2.45) is 0 Å². The number of amides is 2. The van der Waals surface area contributed by atoms with Gasteiger partial charge in [0.15, 0.2) is 0 Å². The van der Waals surface area contributed by atoms with Gasteiger partial charge in [-0.2, -0.15) is 0 Å². The minimum atomic E-state index is -3.63. The number of methoxy groups -OCH3 is 1. The highest BCUT2D eigenvalue weighted by Crippen LogP contribution is 2.29. The van der Waals surface area contributed by atoms with Gasteiger partial charge in [0.1, 0.15) is 5.75 Å². The van der Waals surface area contributed by atoms with Crippen LogP contribution in [0.2, 0.25) is 0 Å². The van der Waals surface area contributed by atoms with Crippen molar-refractivity contribution >= 4 is 27.4 Å². The lowest BCUT2D eigenvalue weighted by molar-refractivity contribution is 0.251. The fraction of sp³-hybridized carbons (Fsp3) is 0.350. The Labute approximate surface area is 171 Å². The van der Waals surface area contributed by atoms with E-state index in [9.17, 15) is 13.2 Å². The van der Waals surface area contributed by atoms with Crippen molar-refractivity contribution in [2.75, 3.05) is 31.4 Å². The molecule has 2 aromatic rings. The normalized spacial score (nSPS) is 13.6. The highest BCUT2D eigenvalue weighted by molar-refractivity contribution is 7.89. The number of hydrogen-bond donors (Lipinski definition) is 3. The van der Waals surface area contributed by atoms with Gasteiger partial charge in [0.05, 0.1) is 17.7 Å². The summed E-state index contributed by atoms with van der Waals surface area (Å²) in [5.74, 6) is 0.375. The molecule has 0 aromatic heterocycles. The zero-order chi connectivity index (χ0) is 21.0. The highest BCUT2D eigenvalue weighted by atomic mass is 32.2. The molecule has 1 saturated carbocycles. The smallest absolute Gasteiger partial charge is 0.319 e. The van der Waals surface area contributed by atoms with Gasteiger partial charge in [-0.05, 0) is 48.7 Å². The monoisotopic (exact) mass is 418 g/mol. The van der Waals surface area contributed by atoms with Crippen LogP contribution in [0.3, 0.4) is 0 Å². The maximum atomic E-state index is 12.4. The van der Waals surface area contributed by atoms with Gasteiger partial charge in [-0.1, -0.05) is 12.1 Å². The van der Waals surface area contributed by atoms with Gasteiger partial charge >= 0.3 is 6.03 Å². The van der Waals surface area contributed by atoms with Crippen molar-refractivity contribution in [3.8, 4) is 5.75 Å². The van der Waals surface area contributed by atoms with E-state index in [-0.39, 0.29) is 16.6 Å². The molecule has 0 aliphatic heterocycles. The van der Waals surface area contributed by atoms with Crippen LogP contribution in [0.25, 0.3) is 0 Å². The van der Waals surface area contributed by atoms with Crippen LogP contribution >= 0.6 is 0 Å². The third-order valence-corrected chi connectivity index (χ3v) is 6.03. The number of carbonyl (C=O) groups excluding carboxylic acids is 1. The molecular weight excluding hydrogens is 392 g/mol. The summed E-state index contributed by atoms with van der Waals surface area (Å²) in [7, 11) is 1.73. The van der Waals surface area contributed by atoms with Crippen molar-refractivity contribution in [3.05, 3.63) is 48.0 Å². The Kier molecular flexibility index (Phi) is 6.29. The Bertz CT molecular complexity index is 988. The first kappa shape index (κ1) is 20.9. The number of urea groups is 1. The summed E-state index contributed by atoms with van der Waals surface area (Å²) in [6.07, 6.45) is 1.69. The number of nitrogens with zero attached hydrogens (tertiary/aromatic N) is 1. The van der Waals surface area contributed by atoms with Crippen molar-refractivity contribution in [1.82, 2.24) is 10.0 Å². The third-order valence-electron chi connectivity index (χ3n) is 4.51. The third kappa shape index (κ3) is 5.61. The Morgan fingerprint density at radius 2 is 1.93 bits per heavy atom. The van der Waals surface area contributed by atoms with Gasteiger partial charge < -0.3 is 20.3 Å². The predicted octanol–water partition coefficient (Wildman–Crippen LogP) is 2.52. The molecule has 0 saturated heterocycles. The fourth-order valence-corrected chi connectivity index (χ4v) is 4.06. The molecule has 0 unspecified atom stereocenters. The molecule has 0 atom stereocenters. The zero-order valence-electron chi connectivity index (χ0n) is 16.7. The van der Waals surface area contributed by atoms with Crippen LogP contribution in [0.5, 0.6) is 5.75 Å². The van der Waals surface area contributed by atoms with E-state index in [0.717, 1.165) is 24.1 Å². The summed E-state index contributed by atoms with van der Waals surface area (Å²) in [6.45, 7) is 0.330. The molecule has 0 heterocycles. The number of nitrogens with one attached hydrogen (secondary N) is 3. The molecule has 2 amide bonds. The maximum absolute atomic E-state index is 12.4. The maximum Gasteiger partial charge on any atom is 0.319 e. The fourth-order valence-electron chi connectivity index (χ4n) is 2.73. The topological polar surface area (TPSA) is 99.8 Å². The predicted molar refractivity (Wildman–Crippen MR) is 113 cm³/mol. The SMILES string of the molecule is COc1ccc(S(=O)(=O)NC2CC2)cc1NC(=O)NCc1cccc(N(C)C)c1. The van der Waals surface area contributed by atoms with Gasteiger partial charge in [-0.3, -0.25) is 0 Å². The van der Waals surface area contributed by atoms with Gasteiger partial charge in [-0.15, -0.1) is 0 Å². The quantitative estimate of drug-likeness (QED) is 0.612. The van der Waals surface area contributed by atoms with E-state index in [1.807, 2.05) is 43.3 Å². The Morgan fingerprint density at radius 1 is 1.17 bits per heavy atom. The second-order valence-electron chi connectivity index (χ2n) is 7.13. The van der Waals surface area contributed by atoms with Crippen molar-refractivity contribution in [2.45, 2.75) is 30.3 Å². The van der Waals surface area contributed by atoms with Crippen molar-refractivity contribution < 1.29 is 17.9 Å². The average Bonchev–Trinajstić information content (AvgIpc) is 3.50. The van der Waals surface area contributed by atoms with Crippen LogP contribution in [0.4, 0.5) is 16.2 Å². The lowest BCUT2D eigenvalue weighted by atomic mass is 10.2. The molecule has 3 N–H and O–H groups in total. The molecule has 2 aromatic carbocycles. The molecule has 156 valence electrons. The molecular formula is C20H26N4O4S. The molecule has 1 fully saturated rings. The van der Waals surface area contributed by atoms with Gasteiger partial charge in [0.25, 0.3) is 0 Å². The van der Waals surface area contributed by atoms with Gasteiger partial charge in [0.2, 0.25) is 10.0 Å². The Morgan fingerprint density at radius 3 is 2.59 bits per heavy atom. The summed E-state index contributed by atoms with van der Waals surface area (Å²) in [6, 6.07) is 11.7. The van der Waals surface area contributed by atoms with E-state index in [4.69, 9.17) is 4.74 Å². The van der Waals surface area contributed by atoms with Crippen LogP contribution < -0.4 is 25.0 Å². The minimum absolute atomic E-state index is 0.000242. The molecule has 8 nitrogen and oxygen atoms in total. The average molecular weight is 419 g/mol. The summed E-state index contributed by atoms with van der Waals surface area (Å²) >= 11 is 0. The number of sulfonamides is 1. The van der Waals surface area contributed by atoms with E-state index in [0.29, 0.717) is 12.3 Å². The second kappa shape index (κ2) is 8.71. The van der Waals surface area contributed by atoms with E-state index in [1.54, 1.807) is 0 Å². The molecule has 1 aliphatic carbocycles. The van der Waals surface area contributed by atoms with E-state index < -0.39 is 16.1 Å². The summed E-state index contributed by atoms with van der Waals surface area (Å²) < 4.78 is 32.7. The number of benzene rings is 2. The summed E-state index contributed by atoms with van der Waals surface area (Å²) in [5.41, 5.74) is 2.27. The molecule has 1 aliphatic rings. The zero-order valence-corrected chi connectivity index (χ0v) is 17.5. The summed E-state index contributed by atoms with van der Waals surface area (Å²) in [4.78, 5) is 14.4. The van der Waals surface area contributed by atoms with Crippen LogP contribution in [-0.2, 0) is 16.6 Å². The van der Waals surface area contributed by atoms with E-state index >= 15 is 0 Å². The molecule has 0 spiro atoms. The largest absolute Gasteiger partial charge is 0.495 e. The Balaban J connectivity index is 1.68. The summed E-state index contributed by atoms with van der Waals surface area (Å²) in [5, 5.41) is 5.45. The number of hydrogen-bond acceptors (Lipinski definition) is 5. The number of carbonyl (C=O) groups is 1. The lowest BCUT2D eigenvalue weighted by Gasteiger charge is -2.15. The first-order valence-electron chi connectivity index (χ1n) is 9.30. The number of ether oxygens (including phenoxy) is 1. The van der Waals surface area contributed by atoms with Crippen LogP contribution in [0.15, 0.2) is 47.4 Å². The Hall–Kier alpha value is -2.78. The van der Waals surface area contributed by atoms with E-state index in [2.05, 4.69) is 15.4 Å². The minimum Gasteiger partial charge on any atom is -0.495 e. The lowest BCUT2D eigenvalue weighted by Crippen LogP contribution is -2.29. The standard InChI is InChI=1S/C20H26N4O4S/c1-24(2)16-6-4-5-14(11-16)13-21-20(25)22-18-12-17(9-10-19(18)28-3)29(26,27)23-15-7-8-15/h4-6,9-12,15,23H,7-8,13H2,1-3H3,(H2,21,22,25). The van der Waals surface area contributed by atoms with Gasteiger partial charge in [0, 0.05) is 32.4 Å². The second-order valence-corrected chi connectivity index (χ2v) is 8.84. The van der Waals surface area contributed by atoms with E-state index in [1.165, 1.54) is 25.3 Å². The van der Waals surface area contributed by atoms with Crippen LogP contribution in [-0.4, -0.2) is 41.7 Å². The van der Waals surface area contributed by atoms with Crippen molar-refractivity contribution in [3.63, 3.8) is 0 Å². The van der Waals surface area contributed by atoms with Crippen molar-refractivity contribution in [1.29, 1.82) is 0 Å². The molecule has 29 heavy (non-hydrogen) atoms. The molecule has 9 heteroatoms.